The Kier molecular flexibility index (Phi) is 4.67. The van der Waals surface area contributed by atoms with Gasteiger partial charge in [-0.2, -0.15) is 0 Å². The topological polar surface area (TPSA) is 82.1 Å². The number of nitrogens with one attached hydrogen (secondary N) is 1. The second-order valence-electron chi connectivity index (χ2n) is 6.86. The number of carboxylic acids is 1. The number of amides is 1. The average Bonchev–Trinajstić information content (AvgIpc) is 3.29. The third-order valence-corrected chi connectivity index (χ3v) is 6.74. The van der Waals surface area contributed by atoms with Crippen LogP contribution in [0.3, 0.4) is 0 Å². The van der Waals surface area contributed by atoms with Crippen LogP contribution in [-0.2, 0) is 9.59 Å². The SMILES string of the molecule is O=C([O-])C1C2CCC(C2)C1C(=O)Nc1nc(-c2ccc(Cl)cc2Cl)cs1. The Bertz CT molecular complexity index is 885. The summed E-state index contributed by atoms with van der Waals surface area (Å²) in [6.07, 6.45) is 2.56. The lowest BCUT2D eigenvalue weighted by Gasteiger charge is -2.30. The molecule has 2 saturated carbocycles. The predicted molar refractivity (Wildman–Crippen MR) is 99.0 cm³/mol. The van der Waals surface area contributed by atoms with Crippen molar-refractivity contribution in [3.05, 3.63) is 33.6 Å². The number of aliphatic carboxylic acids is 1. The fraction of sp³-hybridized carbons (Fsp3) is 0.389. The van der Waals surface area contributed by atoms with E-state index in [9.17, 15) is 14.7 Å². The molecule has 2 aliphatic rings. The van der Waals surface area contributed by atoms with Crippen LogP contribution in [0.15, 0.2) is 23.6 Å². The van der Waals surface area contributed by atoms with Crippen LogP contribution in [0.4, 0.5) is 5.13 Å². The molecule has 1 aromatic heterocycles. The summed E-state index contributed by atoms with van der Waals surface area (Å²) in [5.74, 6) is -2.46. The van der Waals surface area contributed by atoms with Gasteiger partial charge in [0.25, 0.3) is 0 Å². The first-order valence-electron chi connectivity index (χ1n) is 8.36. The summed E-state index contributed by atoms with van der Waals surface area (Å²) in [5.41, 5.74) is 1.36. The van der Waals surface area contributed by atoms with Gasteiger partial charge in [-0.25, -0.2) is 4.98 Å². The molecule has 0 aliphatic heterocycles. The molecule has 2 aliphatic carbocycles. The second-order valence-corrected chi connectivity index (χ2v) is 8.56. The average molecular weight is 410 g/mol. The minimum atomic E-state index is -1.12. The van der Waals surface area contributed by atoms with Crippen molar-refractivity contribution in [2.24, 2.45) is 23.7 Å². The van der Waals surface area contributed by atoms with Crippen LogP contribution in [0, 0.1) is 23.7 Å². The fourth-order valence-electron chi connectivity index (χ4n) is 4.35. The summed E-state index contributed by atoms with van der Waals surface area (Å²) < 4.78 is 0. The van der Waals surface area contributed by atoms with Crippen LogP contribution < -0.4 is 10.4 Å². The Balaban J connectivity index is 1.52. The highest BCUT2D eigenvalue weighted by molar-refractivity contribution is 7.14. The van der Waals surface area contributed by atoms with Gasteiger partial charge in [0.15, 0.2) is 5.13 Å². The maximum Gasteiger partial charge on any atom is 0.230 e. The summed E-state index contributed by atoms with van der Waals surface area (Å²) in [7, 11) is 0. The fourth-order valence-corrected chi connectivity index (χ4v) is 5.57. The van der Waals surface area contributed by atoms with Gasteiger partial charge >= 0.3 is 0 Å². The molecule has 1 heterocycles. The standard InChI is InChI=1S/C18H16Cl2N2O3S/c19-10-3-4-11(12(20)6-10)13-7-26-18(21-13)22-16(23)14-8-1-2-9(5-8)15(14)17(24)25/h3-4,6-9,14-15H,1-2,5H2,(H,24,25)(H,21,22,23)/p-1. The van der Waals surface area contributed by atoms with Crippen LogP contribution in [0.1, 0.15) is 19.3 Å². The number of carbonyl (C=O) groups excluding carboxylic acids is 2. The Morgan fingerprint density at radius 3 is 2.62 bits per heavy atom. The summed E-state index contributed by atoms with van der Waals surface area (Å²) in [4.78, 5) is 28.6. The van der Waals surface area contributed by atoms with Crippen molar-refractivity contribution in [3.8, 4) is 11.3 Å². The molecule has 136 valence electrons. The minimum Gasteiger partial charge on any atom is -0.550 e. The van der Waals surface area contributed by atoms with Crippen molar-refractivity contribution in [1.82, 2.24) is 4.98 Å². The van der Waals surface area contributed by atoms with Crippen molar-refractivity contribution in [1.29, 1.82) is 0 Å². The van der Waals surface area contributed by atoms with E-state index < -0.39 is 17.8 Å². The van der Waals surface area contributed by atoms with Crippen LogP contribution in [0.5, 0.6) is 0 Å². The Morgan fingerprint density at radius 1 is 1.19 bits per heavy atom. The number of hydrogen-bond donors (Lipinski definition) is 1. The summed E-state index contributed by atoms with van der Waals surface area (Å²) in [5, 5.41) is 17.5. The van der Waals surface area contributed by atoms with Gasteiger partial charge < -0.3 is 15.2 Å². The molecule has 1 amide bonds. The molecular formula is C18H15Cl2N2O3S-. The van der Waals surface area contributed by atoms with Gasteiger partial charge in [0.1, 0.15) is 0 Å². The van der Waals surface area contributed by atoms with E-state index >= 15 is 0 Å². The van der Waals surface area contributed by atoms with Gasteiger partial charge in [0, 0.05) is 33.8 Å². The highest BCUT2D eigenvalue weighted by atomic mass is 35.5. The third-order valence-electron chi connectivity index (χ3n) is 5.43. The largest absolute Gasteiger partial charge is 0.550 e. The van der Waals surface area contributed by atoms with Gasteiger partial charge in [0.2, 0.25) is 5.91 Å². The van der Waals surface area contributed by atoms with Crippen LogP contribution >= 0.6 is 34.5 Å². The lowest BCUT2D eigenvalue weighted by molar-refractivity contribution is -0.314. The summed E-state index contributed by atoms with van der Waals surface area (Å²) in [6, 6.07) is 5.13. The molecule has 0 saturated heterocycles. The zero-order chi connectivity index (χ0) is 18.4. The number of thiazole rings is 1. The van der Waals surface area contributed by atoms with E-state index in [0.29, 0.717) is 20.9 Å². The second kappa shape index (κ2) is 6.83. The van der Waals surface area contributed by atoms with E-state index in [4.69, 9.17) is 23.2 Å². The zero-order valence-electron chi connectivity index (χ0n) is 13.6. The number of rotatable bonds is 4. The van der Waals surface area contributed by atoms with E-state index in [1.807, 2.05) is 0 Å². The lowest BCUT2D eigenvalue weighted by Crippen LogP contribution is -2.43. The van der Waals surface area contributed by atoms with Crippen molar-refractivity contribution < 1.29 is 14.7 Å². The highest BCUT2D eigenvalue weighted by Crippen LogP contribution is 2.52. The van der Waals surface area contributed by atoms with Gasteiger partial charge in [-0.15, -0.1) is 11.3 Å². The van der Waals surface area contributed by atoms with Gasteiger partial charge in [-0.05, 0) is 49.3 Å². The molecule has 1 N–H and O–H groups in total. The van der Waals surface area contributed by atoms with E-state index in [1.165, 1.54) is 11.3 Å². The molecule has 26 heavy (non-hydrogen) atoms. The molecule has 2 aromatic rings. The minimum absolute atomic E-state index is 0.0560. The summed E-state index contributed by atoms with van der Waals surface area (Å²) >= 11 is 13.4. The molecule has 0 radical (unpaired) electrons. The number of aromatic nitrogens is 1. The number of hydrogen-bond acceptors (Lipinski definition) is 5. The zero-order valence-corrected chi connectivity index (χ0v) is 15.9. The van der Waals surface area contributed by atoms with E-state index in [1.54, 1.807) is 23.6 Å². The number of halogens is 2. The van der Waals surface area contributed by atoms with E-state index in [0.717, 1.165) is 24.8 Å². The molecule has 4 rings (SSSR count). The van der Waals surface area contributed by atoms with E-state index in [-0.39, 0.29) is 17.7 Å². The molecule has 4 unspecified atom stereocenters. The Labute approximate surface area is 164 Å². The van der Waals surface area contributed by atoms with Crippen molar-refractivity contribution in [3.63, 3.8) is 0 Å². The predicted octanol–water partition coefficient (Wildman–Crippen LogP) is 3.47. The maximum atomic E-state index is 12.7. The third kappa shape index (κ3) is 3.10. The van der Waals surface area contributed by atoms with Crippen molar-refractivity contribution in [2.75, 3.05) is 5.32 Å². The lowest BCUT2D eigenvalue weighted by atomic mass is 9.79. The molecule has 2 bridgehead atoms. The van der Waals surface area contributed by atoms with Crippen LogP contribution in [0.2, 0.25) is 10.0 Å². The maximum absolute atomic E-state index is 12.7. The molecular weight excluding hydrogens is 395 g/mol. The molecule has 0 spiro atoms. The number of nitrogens with zero attached hydrogens (tertiary/aromatic N) is 1. The number of fused-ring (bicyclic) bond motifs is 2. The highest BCUT2D eigenvalue weighted by Gasteiger charge is 2.51. The Hall–Kier alpha value is -1.63. The van der Waals surface area contributed by atoms with Crippen LogP contribution in [0.25, 0.3) is 11.3 Å². The first-order valence-corrected chi connectivity index (χ1v) is 10.0. The number of anilines is 1. The molecule has 5 nitrogen and oxygen atoms in total. The smallest absolute Gasteiger partial charge is 0.230 e. The molecule has 8 heteroatoms. The van der Waals surface area contributed by atoms with Gasteiger partial charge in [-0.3, -0.25) is 4.79 Å². The quantitative estimate of drug-likeness (QED) is 0.837. The van der Waals surface area contributed by atoms with E-state index in [2.05, 4.69) is 10.3 Å². The van der Waals surface area contributed by atoms with Crippen molar-refractivity contribution in [2.45, 2.75) is 19.3 Å². The first kappa shape index (κ1) is 17.8. The summed E-state index contributed by atoms with van der Waals surface area (Å²) in [6.45, 7) is 0. The van der Waals surface area contributed by atoms with Gasteiger partial charge in [-0.1, -0.05) is 23.2 Å². The molecule has 2 fully saturated rings. The molecule has 4 atom stereocenters. The number of carboxylic acid groups (broad SMARTS) is 1. The van der Waals surface area contributed by atoms with Gasteiger partial charge in [0.05, 0.1) is 10.7 Å². The number of benzene rings is 1. The number of carbonyl (C=O) groups is 2. The van der Waals surface area contributed by atoms with Crippen LogP contribution in [-0.4, -0.2) is 16.9 Å². The monoisotopic (exact) mass is 409 g/mol. The first-order chi connectivity index (χ1) is 12.4. The normalized spacial score (nSPS) is 26.8. The molecule has 1 aromatic carbocycles. The Morgan fingerprint density at radius 2 is 1.92 bits per heavy atom. The van der Waals surface area contributed by atoms with Crippen molar-refractivity contribution >= 4 is 51.5 Å².